The molecule has 0 saturated carbocycles. The molecular weight excluding hydrogens is 499 g/mol. The minimum absolute atomic E-state index is 0.133. The molecule has 1 aromatic heterocycles. The molecular formula is C29H30F3NO5. The normalized spacial score (nSPS) is 14.3. The number of para-hydroxylation sites is 1. The summed E-state index contributed by atoms with van der Waals surface area (Å²) in [6, 6.07) is 10.5. The summed E-state index contributed by atoms with van der Waals surface area (Å²) in [6.45, 7) is 5.76. The van der Waals surface area contributed by atoms with E-state index in [9.17, 15) is 23.1 Å². The van der Waals surface area contributed by atoms with Gasteiger partial charge in [-0.25, -0.2) is 4.79 Å². The van der Waals surface area contributed by atoms with Crippen molar-refractivity contribution in [3.8, 4) is 16.9 Å². The molecule has 0 atom stereocenters. The van der Waals surface area contributed by atoms with Crippen LogP contribution < -0.4 is 4.74 Å². The highest BCUT2D eigenvalue weighted by atomic mass is 19.4. The van der Waals surface area contributed by atoms with E-state index in [1.807, 2.05) is 18.2 Å². The number of carbonyl (C=O) groups excluding carboxylic acids is 1. The average molecular weight is 530 g/mol. The second-order valence-corrected chi connectivity index (χ2v) is 10.0. The molecule has 1 amide bonds. The van der Waals surface area contributed by atoms with E-state index in [1.165, 1.54) is 30.7 Å². The van der Waals surface area contributed by atoms with E-state index < -0.39 is 23.4 Å². The molecule has 9 heteroatoms. The maximum atomic E-state index is 13.5. The van der Waals surface area contributed by atoms with E-state index >= 15 is 0 Å². The van der Waals surface area contributed by atoms with Gasteiger partial charge in [-0.15, -0.1) is 0 Å². The fraction of sp³-hybridized carbons (Fsp3) is 0.345. The van der Waals surface area contributed by atoms with E-state index in [-0.39, 0.29) is 19.0 Å². The number of rotatable bonds is 6. The molecule has 0 saturated heterocycles. The van der Waals surface area contributed by atoms with Crippen LogP contribution in [0.1, 0.15) is 49.4 Å². The Morgan fingerprint density at radius 2 is 1.82 bits per heavy atom. The summed E-state index contributed by atoms with van der Waals surface area (Å²) in [5, 5.41) is 10.1. The number of amides is 1. The lowest BCUT2D eigenvalue weighted by atomic mass is 9.89. The molecule has 1 aliphatic rings. The smallest absolute Gasteiger partial charge is 0.419 e. The van der Waals surface area contributed by atoms with Crippen LogP contribution in [0.15, 0.2) is 65.5 Å². The molecule has 38 heavy (non-hydrogen) atoms. The Morgan fingerprint density at radius 1 is 1.08 bits per heavy atom. The first-order valence-corrected chi connectivity index (χ1v) is 12.2. The van der Waals surface area contributed by atoms with Gasteiger partial charge in [0, 0.05) is 18.7 Å². The summed E-state index contributed by atoms with van der Waals surface area (Å²) in [5.74, 6) is -0.268. The van der Waals surface area contributed by atoms with Crippen LogP contribution >= 0.6 is 0 Å². The van der Waals surface area contributed by atoms with Crippen LogP contribution in [-0.2, 0) is 24.1 Å². The van der Waals surface area contributed by atoms with Crippen LogP contribution in [0.4, 0.5) is 18.0 Å². The van der Waals surface area contributed by atoms with Crippen molar-refractivity contribution in [2.24, 2.45) is 0 Å². The summed E-state index contributed by atoms with van der Waals surface area (Å²) in [7, 11) is 0. The first-order chi connectivity index (χ1) is 18.0. The maximum absolute atomic E-state index is 13.5. The number of halogens is 3. The molecule has 1 N–H and O–H groups in total. The number of alkyl halides is 3. The Balaban J connectivity index is 1.68. The highest BCUT2D eigenvalue weighted by Crippen LogP contribution is 2.38. The van der Waals surface area contributed by atoms with E-state index in [1.54, 1.807) is 31.7 Å². The van der Waals surface area contributed by atoms with E-state index in [0.29, 0.717) is 36.2 Å². The van der Waals surface area contributed by atoms with Crippen LogP contribution in [0.5, 0.6) is 5.75 Å². The van der Waals surface area contributed by atoms with Gasteiger partial charge in [0.05, 0.1) is 24.7 Å². The van der Waals surface area contributed by atoms with Crippen molar-refractivity contribution < 1.29 is 37.0 Å². The molecule has 6 nitrogen and oxygen atoms in total. The third-order valence-electron chi connectivity index (χ3n) is 6.11. The number of benzene rings is 2. The van der Waals surface area contributed by atoms with Crippen molar-refractivity contribution in [1.82, 2.24) is 4.90 Å². The quantitative estimate of drug-likeness (QED) is 0.370. The summed E-state index contributed by atoms with van der Waals surface area (Å²) in [4.78, 5) is 14.1. The monoisotopic (exact) mass is 529 g/mol. The first kappa shape index (κ1) is 27.3. The number of carbonyl (C=O) groups is 1. The van der Waals surface area contributed by atoms with Gasteiger partial charge in [-0.05, 0) is 85.4 Å². The minimum Gasteiger partial charge on any atom is -0.488 e. The summed E-state index contributed by atoms with van der Waals surface area (Å²) >= 11 is 0. The van der Waals surface area contributed by atoms with Crippen molar-refractivity contribution in [3.63, 3.8) is 0 Å². The van der Waals surface area contributed by atoms with Crippen LogP contribution in [0.25, 0.3) is 16.7 Å². The highest BCUT2D eigenvalue weighted by molar-refractivity contribution is 5.77. The number of nitrogens with zero attached hydrogens (tertiary/aromatic N) is 1. The summed E-state index contributed by atoms with van der Waals surface area (Å²) < 4.78 is 57.0. The molecule has 202 valence electrons. The van der Waals surface area contributed by atoms with E-state index in [0.717, 1.165) is 22.8 Å². The molecule has 0 bridgehead atoms. The van der Waals surface area contributed by atoms with Crippen LogP contribution in [0.3, 0.4) is 0 Å². The number of hydrogen-bond donors (Lipinski definition) is 1. The molecule has 0 aliphatic carbocycles. The molecule has 2 heterocycles. The third kappa shape index (κ3) is 6.39. The van der Waals surface area contributed by atoms with Gasteiger partial charge < -0.3 is 23.9 Å². The Kier molecular flexibility index (Phi) is 7.87. The van der Waals surface area contributed by atoms with Gasteiger partial charge in [0.1, 0.15) is 18.0 Å². The molecule has 0 unspecified atom stereocenters. The number of hydrogen-bond acceptors (Lipinski definition) is 5. The van der Waals surface area contributed by atoms with Crippen LogP contribution in [0.2, 0.25) is 0 Å². The summed E-state index contributed by atoms with van der Waals surface area (Å²) in [6.07, 6.45) is 0.479. The fourth-order valence-electron chi connectivity index (χ4n) is 4.31. The molecule has 0 radical (unpaired) electrons. The van der Waals surface area contributed by atoms with Gasteiger partial charge in [0.15, 0.2) is 0 Å². The third-order valence-corrected chi connectivity index (χ3v) is 6.11. The molecule has 1 aliphatic heterocycles. The molecule has 3 aromatic rings. The standard InChI is InChI=1S/C29H30F3NO5/c1-28(2,3)38-27(35)33-11-8-19(9-12-33)23-14-21(16-34)24(20-10-13-36-17-20)15-22(23)18-37-26-7-5-4-6-25(26)29(30,31)32/h4-8,10,13-15,17,34H,9,11-12,16,18H2,1-3H3. The van der Waals surface area contributed by atoms with Crippen LogP contribution in [-0.4, -0.2) is 34.8 Å². The number of ether oxygens (including phenoxy) is 2. The Morgan fingerprint density at radius 3 is 2.42 bits per heavy atom. The predicted molar refractivity (Wildman–Crippen MR) is 136 cm³/mol. The number of aliphatic hydroxyl groups excluding tert-OH is 1. The van der Waals surface area contributed by atoms with Crippen molar-refractivity contribution in [2.45, 2.75) is 52.2 Å². The second-order valence-electron chi connectivity index (χ2n) is 10.0. The van der Waals surface area contributed by atoms with Gasteiger partial charge in [-0.1, -0.05) is 18.2 Å². The van der Waals surface area contributed by atoms with Crippen molar-refractivity contribution in [3.05, 3.63) is 83.3 Å². The zero-order valence-electron chi connectivity index (χ0n) is 21.5. The Hall–Kier alpha value is -3.72. The molecule has 0 spiro atoms. The highest BCUT2D eigenvalue weighted by Gasteiger charge is 2.34. The first-order valence-electron chi connectivity index (χ1n) is 12.2. The van der Waals surface area contributed by atoms with Gasteiger partial charge in [-0.3, -0.25) is 0 Å². The maximum Gasteiger partial charge on any atom is 0.419 e. The van der Waals surface area contributed by atoms with Gasteiger partial charge in [-0.2, -0.15) is 13.2 Å². The predicted octanol–water partition coefficient (Wildman–Crippen LogP) is 7.06. The lowest BCUT2D eigenvalue weighted by molar-refractivity contribution is -0.139. The lowest BCUT2D eigenvalue weighted by Crippen LogP contribution is -2.39. The largest absolute Gasteiger partial charge is 0.488 e. The van der Waals surface area contributed by atoms with Gasteiger partial charge >= 0.3 is 12.3 Å². The molecule has 2 aromatic carbocycles. The fourth-order valence-corrected chi connectivity index (χ4v) is 4.31. The van der Waals surface area contributed by atoms with Gasteiger partial charge in [0.25, 0.3) is 0 Å². The Bertz CT molecular complexity index is 1310. The molecule has 4 rings (SSSR count). The minimum atomic E-state index is -4.56. The number of aliphatic hydroxyl groups is 1. The topological polar surface area (TPSA) is 72.1 Å². The van der Waals surface area contributed by atoms with Gasteiger partial charge in [0.2, 0.25) is 0 Å². The SMILES string of the molecule is CC(C)(C)OC(=O)N1CC=C(c2cc(CO)c(-c3ccoc3)cc2COc2ccccc2C(F)(F)F)CC1. The zero-order chi connectivity index (χ0) is 27.5. The lowest BCUT2D eigenvalue weighted by Gasteiger charge is -2.30. The molecule has 0 fully saturated rings. The summed E-state index contributed by atoms with van der Waals surface area (Å²) in [5.41, 5.74) is 2.88. The number of furan rings is 1. The van der Waals surface area contributed by atoms with E-state index in [2.05, 4.69) is 0 Å². The second kappa shape index (κ2) is 10.9. The average Bonchev–Trinajstić information content (AvgIpc) is 3.40. The van der Waals surface area contributed by atoms with Crippen molar-refractivity contribution >= 4 is 11.7 Å². The van der Waals surface area contributed by atoms with Crippen molar-refractivity contribution in [2.75, 3.05) is 13.1 Å². The van der Waals surface area contributed by atoms with Crippen LogP contribution in [0, 0.1) is 0 Å². The Labute approximate surface area is 219 Å². The van der Waals surface area contributed by atoms with Crippen molar-refractivity contribution in [1.29, 1.82) is 0 Å². The zero-order valence-corrected chi connectivity index (χ0v) is 21.5. The van der Waals surface area contributed by atoms with E-state index in [4.69, 9.17) is 13.9 Å².